The van der Waals surface area contributed by atoms with E-state index < -0.39 is 6.04 Å². The summed E-state index contributed by atoms with van der Waals surface area (Å²) in [4.78, 5) is 36.0. The third kappa shape index (κ3) is 2.53. The summed E-state index contributed by atoms with van der Waals surface area (Å²) >= 11 is 0. The highest BCUT2D eigenvalue weighted by atomic mass is 16.2. The molecule has 18 heavy (non-hydrogen) atoms. The zero-order valence-electron chi connectivity index (χ0n) is 10.7. The molecule has 2 aliphatic heterocycles. The van der Waals surface area contributed by atoms with E-state index in [9.17, 15) is 14.4 Å². The molecule has 2 heterocycles. The standard InChI is InChI=1S/C12H19N3O3/c1-7(2)15-11(17)5-9(12(15)18)13-6-8-3-4-10(16)14-8/h7-9,13H,3-6H2,1-2H3,(H,14,16). The van der Waals surface area contributed by atoms with Crippen LogP contribution >= 0.6 is 0 Å². The Balaban J connectivity index is 1.86. The molecule has 2 fully saturated rings. The zero-order valence-corrected chi connectivity index (χ0v) is 10.7. The van der Waals surface area contributed by atoms with E-state index in [2.05, 4.69) is 10.6 Å². The Morgan fingerprint density at radius 2 is 2.11 bits per heavy atom. The van der Waals surface area contributed by atoms with E-state index in [4.69, 9.17) is 0 Å². The molecule has 0 aromatic rings. The largest absolute Gasteiger partial charge is 0.352 e. The van der Waals surface area contributed by atoms with Crippen molar-refractivity contribution in [3.8, 4) is 0 Å². The van der Waals surface area contributed by atoms with E-state index in [0.29, 0.717) is 13.0 Å². The first-order valence-corrected chi connectivity index (χ1v) is 6.37. The quantitative estimate of drug-likeness (QED) is 0.655. The number of hydrogen-bond donors (Lipinski definition) is 2. The van der Waals surface area contributed by atoms with Crippen molar-refractivity contribution in [1.82, 2.24) is 15.5 Å². The van der Waals surface area contributed by atoms with Crippen LogP contribution in [0.25, 0.3) is 0 Å². The van der Waals surface area contributed by atoms with Crippen LogP contribution in [0.15, 0.2) is 0 Å². The zero-order chi connectivity index (χ0) is 13.3. The van der Waals surface area contributed by atoms with Crippen molar-refractivity contribution in [2.24, 2.45) is 0 Å². The van der Waals surface area contributed by atoms with Crippen molar-refractivity contribution >= 4 is 17.7 Å². The van der Waals surface area contributed by atoms with Gasteiger partial charge in [-0.1, -0.05) is 0 Å². The summed E-state index contributed by atoms with van der Waals surface area (Å²) in [5, 5.41) is 5.91. The number of hydrogen-bond acceptors (Lipinski definition) is 4. The molecule has 2 aliphatic rings. The van der Waals surface area contributed by atoms with E-state index in [-0.39, 0.29) is 36.2 Å². The van der Waals surface area contributed by atoms with E-state index in [1.165, 1.54) is 4.90 Å². The van der Waals surface area contributed by atoms with Crippen molar-refractivity contribution in [3.63, 3.8) is 0 Å². The number of imide groups is 1. The van der Waals surface area contributed by atoms with Gasteiger partial charge in [0.1, 0.15) is 0 Å². The van der Waals surface area contributed by atoms with Crippen molar-refractivity contribution in [3.05, 3.63) is 0 Å². The van der Waals surface area contributed by atoms with Gasteiger partial charge in [0.2, 0.25) is 17.7 Å². The van der Waals surface area contributed by atoms with Crippen LogP contribution < -0.4 is 10.6 Å². The molecule has 0 aromatic carbocycles. The van der Waals surface area contributed by atoms with Crippen molar-refractivity contribution in [2.45, 2.75) is 51.2 Å². The van der Waals surface area contributed by atoms with Gasteiger partial charge in [-0.05, 0) is 20.3 Å². The third-order valence-electron chi connectivity index (χ3n) is 3.39. The fourth-order valence-electron chi connectivity index (χ4n) is 2.47. The van der Waals surface area contributed by atoms with E-state index in [0.717, 1.165) is 6.42 Å². The maximum Gasteiger partial charge on any atom is 0.247 e. The lowest BCUT2D eigenvalue weighted by Gasteiger charge is -2.20. The fraction of sp³-hybridized carbons (Fsp3) is 0.750. The van der Waals surface area contributed by atoms with Crippen molar-refractivity contribution in [1.29, 1.82) is 0 Å². The first-order chi connectivity index (χ1) is 8.49. The average Bonchev–Trinajstić information content (AvgIpc) is 2.80. The Hall–Kier alpha value is -1.43. The molecule has 0 spiro atoms. The molecule has 2 N–H and O–H groups in total. The number of nitrogens with zero attached hydrogens (tertiary/aromatic N) is 1. The molecule has 0 aliphatic carbocycles. The Kier molecular flexibility index (Phi) is 3.65. The van der Waals surface area contributed by atoms with Crippen molar-refractivity contribution in [2.75, 3.05) is 6.54 Å². The van der Waals surface area contributed by atoms with Crippen LogP contribution in [0, 0.1) is 0 Å². The molecule has 0 aromatic heterocycles. The molecule has 0 radical (unpaired) electrons. The van der Waals surface area contributed by atoms with Gasteiger partial charge in [-0.2, -0.15) is 0 Å². The molecule has 3 amide bonds. The van der Waals surface area contributed by atoms with E-state index in [1.54, 1.807) is 0 Å². The Bertz CT molecular complexity index is 381. The highest BCUT2D eigenvalue weighted by Gasteiger charge is 2.39. The third-order valence-corrected chi connectivity index (χ3v) is 3.39. The fourth-order valence-corrected chi connectivity index (χ4v) is 2.47. The summed E-state index contributed by atoms with van der Waals surface area (Å²) < 4.78 is 0. The summed E-state index contributed by atoms with van der Waals surface area (Å²) in [6.45, 7) is 4.20. The topological polar surface area (TPSA) is 78.5 Å². The lowest BCUT2D eigenvalue weighted by molar-refractivity contribution is -0.140. The molecular weight excluding hydrogens is 234 g/mol. The van der Waals surface area contributed by atoms with Gasteiger partial charge < -0.3 is 10.6 Å². The number of amides is 3. The lowest BCUT2D eigenvalue weighted by atomic mass is 10.2. The van der Waals surface area contributed by atoms with Crippen LogP contribution in [0.5, 0.6) is 0 Å². The number of carbonyl (C=O) groups is 3. The van der Waals surface area contributed by atoms with E-state index >= 15 is 0 Å². The molecule has 100 valence electrons. The smallest absolute Gasteiger partial charge is 0.247 e. The van der Waals surface area contributed by atoms with Crippen LogP contribution in [-0.4, -0.2) is 47.3 Å². The minimum absolute atomic E-state index is 0.0550. The van der Waals surface area contributed by atoms with Gasteiger partial charge in [-0.3, -0.25) is 19.3 Å². The number of rotatable bonds is 4. The first kappa shape index (κ1) is 13.0. The maximum absolute atomic E-state index is 12.0. The predicted octanol–water partition coefficient (Wildman–Crippen LogP) is -0.609. The highest BCUT2D eigenvalue weighted by Crippen LogP contribution is 2.16. The molecule has 6 heteroatoms. The normalized spacial score (nSPS) is 28.4. The second-order valence-electron chi connectivity index (χ2n) is 5.16. The summed E-state index contributed by atoms with van der Waals surface area (Å²) in [5.41, 5.74) is 0. The van der Waals surface area contributed by atoms with Gasteiger partial charge in [0.25, 0.3) is 0 Å². The Morgan fingerprint density at radius 3 is 2.61 bits per heavy atom. The molecule has 2 atom stereocenters. The van der Waals surface area contributed by atoms with Crippen LogP contribution in [0.4, 0.5) is 0 Å². The number of carbonyl (C=O) groups excluding carboxylic acids is 3. The molecule has 2 saturated heterocycles. The average molecular weight is 253 g/mol. The molecular formula is C12H19N3O3. The highest BCUT2D eigenvalue weighted by molar-refractivity contribution is 6.05. The molecule has 0 bridgehead atoms. The summed E-state index contributed by atoms with van der Waals surface area (Å²) in [6.07, 6.45) is 1.55. The molecule has 6 nitrogen and oxygen atoms in total. The Morgan fingerprint density at radius 1 is 1.39 bits per heavy atom. The van der Waals surface area contributed by atoms with Crippen molar-refractivity contribution < 1.29 is 14.4 Å². The number of likely N-dealkylation sites (tertiary alicyclic amines) is 1. The van der Waals surface area contributed by atoms with Crippen LogP contribution in [-0.2, 0) is 14.4 Å². The van der Waals surface area contributed by atoms with Crippen LogP contribution in [0.3, 0.4) is 0 Å². The first-order valence-electron chi connectivity index (χ1n) is 6.37. The molecule has 0 saturated carbocycles. The molecule has 2 unspecified atom stereocenters. The monoisotopic (exact) mass is 253 g/mol. The van der Waals surface area contributed by atoms with Gasteiger partial charge in [0.15, 0.2) is 0 Å². The summed E-state index contributed by atoms with van der Waals surface area (Å²) in [5.74, 6) is -0.221. The minimum atomic E-state index is -0.433. The SMILES string of the molecule is CC(C)N1C(=O)CC(NCC2CCC(=O)N2)C1=O. The van der Waals surface area contributed by atoms with E-state index in [1.807, 2.05) is 13.8 Å². The maximum atomic E-state index is 12.0. The van der Waals surface area contributed by atoms with Crippen LogP contribution in [0.2, 0.25) is 0 Å². The summed E-state index contributed by atoms with van der Waals surface area (Å²) in [7, 11) is 0. The lowest BCUT2D eigenvalue weighted by Crippen LogP contribution is -2.45. The minimum Gasteiger partial charge on any atom is -0.352 e. The van der Waals surface area contributed by atoms with Crippen LogP contribution in [0.1, 0.15) is 33.1 Å². The van der Waals surface area contributed by atoms with Gasteiger partial charge in [-0.15, -0.1) is 0 Å². The van der Waals surface area contributed by atoms with Gasteiger partial charge in [0, 0.05) is 25.0 Å². The summed E-state index contributed by atoms with van der Waals surface area (Å²) in [6, 6.07) is -0.450. The van der Waals surface area contributed by atoms with Gasteiger partial charge in [-0.25, -0.2) is 0 Å². The molecule has 2 rings (SSSR count). The van der Waals surface area contributed by atoms with Gasteiger partial charge in [0.05, 0.1) is 12.5 Å². The second-order valence-corrected chi connectivity index (χ2v) is 5.16. The second kappa shape index (κ2) is 5.06. The number of nitrogens with one attached hydrogen (secondary N) is 2. The Labute approximate surface area is 106 Å². The predicted molar refractivity (Wildman–Crippen MR) is 64.6 cm³/mol. The van der Waals surface area contributed by atoms with Gasteiger partial charge >= 0.3 is 0 Å².